The summed E-state index contributed by atoms with van der Waals surface area (Å²) in [5.41, 5.74) is 5.10. The van der Waals surface area contributed by atoms with Gasteiger partial charge in [0.2, 0.25) is 0 Å². The maximum Gasteiger partial charge on any atom is 0.312 e. The van der Waals surface area contributed by atoms with Gasteiger partial charge in [0, 0.05) is 5.54 Å². The fourth-order valence-corrected chi connectivity index (χ4v) is 1.91. The molecule has 0 saturated heterocycles. The van der Waals surface area contributed by atoms with E-state index >= 15 is 0 Å². The van der Waals surface area contributed by atoms with Gasteiger partial charge >= 0.3 is 6.03 Å². The van der Waals surface area contributed by atoms with Crippen LogP contribution in [0, 0.1) is 0 Å². The topological polar surface area (TPSA) is 55.1 Å². The van der Waals surface area contributed by atoms with Crippen molar-refractivity contribution in [3.8, 4) is 0 Å². The molecule has 3 N–H and O–H groups in total. The lowest BCUT2D eigenvalue weighted by Crippen LogP contribution is -2.50. The third kappa shape index (κ3) is 4.15. The molecule has 0 aliphatic carbocycles. The average molecular weight is 186 g/mol. The van der Waals surface area contributed by atoms with E-state index in [0.717, 1.165) is 32.1 Å². The lowest BCUT2D eigenvalue weighted by Gasteiger charge is -2.32. The highest BCUT2D eigenvalue weighted by molar-refractivity contribution is 5.72. The number of amides is 2. The van der Waals surface area contributed by atoms with Crippen LogP contribution in [0.2, 0.25) is 0 Å². The van der Waals surface area contributed by atoms with E-state index in [4.69, 9.17) is 5.73 Å². The lowest BCUT2D eigenvalue weighted by molar-refractivity contribution is 0.220. The first-order valence-corrected chi connectivity index (χ1v) is 5.17. The number of hydrogen-bond donors (Lipinski definition) is 2. The minimum Gasteiger partial charge on any atom is -0.352 e. The molecule has 0 rings (SSSR count). The molecule has 78 valence electrons. The molecular weight excluding hydrogens is 164 g/mol. The quantitative estimate of drug-likeness (QED) is 0.657. The first-order valence-electron chi connectivity index (χ1n) is 5.17. The zero-order valence-electron chi connectivity index (χ0n) is 9.02. The van der Waals surface area contributed by atoms with Gasteiger partial charge in [-0.25, -0.2) is 4.79 Å². The largest absolute Gasteiger partial charge is 0.352 e. The highest BCUT2D eigenvalue weighted by Crippen LogP contribution is 2.23. The van der Waals surface area contributed by atoms with Crippen LogP contribution in [0.1, 0.15) is 52.9 Å². The molecule has 0 fully saturated rings. The third-order valence-corrected chi connectivity index (χ3v) is 2.52. The Bertz CT molecular complexity index is 151. The Morgan fingerprint density at radius 3 is 1.92 bits per heavy atom. The van der Waals surface area contributed by atoms with Crippen molar-refractivity contribution < 1.29 is 4.79 Å². The molecule has 2 amide bonds. The van der Waals surface area contributed by atoms with Crippen LogP contribution in [-0.2, 0) is 0 Å². The first kappa shape index (κ1) is 12.3. The van der Waals surface area contributed by atoms with Crippen molar-refractivity contribution in [1.82, 2.24) is 5.32 Å². The molecule has 0 heterocycles. The summed E-state index contributed by atoms with van der Waals surface area (Å²) in [7, 11) is 0. The van der Waals surface area contributed by atoms with Gasteiger partial charge in [0.1, 0.15) is 0 Å². The molecule has 0 aliphatic rings. The predicted molar refractivity (Wildman–Crippen MR) is 55.6 cm³/mol. The summed E-state index contributed by atoms with van der Waals surface area (Å²) in [6.07, 6.45) is 5.14. The molecule has 0 aromatic heterocycles. The Labute approximate surface area is 81.1 Å². The molecule has 0 aliphatic heterocycles. The first-order chi connectivity index (χ1) is 6.10. The Morgan fingerprint density at radius 2 is 1.69 bits per heavy atom. The molecule has 0 saturated carbocycles. The number of hydrogen-bond acceptors (Lipinski definition) is 1. The molecule has 13 heavy (non-hydrogen) atoms. The molecule has 0 aromatic rings. The molecular formula is C10H22N2O. The van der Waals surface area contributed by atoms with Crippen molar-refractivity contribution in [2.75, 3.05) is 0 Å². The number of urea groups is 1. The second-order valence-electron chi connectivity index (χ2n) is 3.62. The Morgan fingerprint density at radius 1 is 1.23 bits per heavy atom. The van der Waals surface area contributed by atoms with Crippen molar-refractivity contribution in [2.45, 2.75) is 58.4 Å². The van der Waals surface area contributed by atoms with E-state index in [1.165, 1.54) is 0 Å². The average Bonchev–Trinajstić information content (AvgIpc) is 2.04. The Kier molecular flexibility index (Phi) is 5.51. The number of nitrogens with one attached hydrogen (secondary N) is 1. The van der Waals surface area contributed by atoms with Crippen molar-refractivity contribution in [3.63, 3.8) is 0 Å². The summed E-state index contributed by atoms with van der Waals surface area (Å²) >= 11 is 0. The van der Waals surface area contributed by atoms with Crippen LogP contribution >= 0.6 is 0 Å². The standard InChI is InChI=1S/C10H22N2O/c1-4-7-10(6-3,8-5-2)12-9(11)13/h4-8H2,1-3H3,(H3,11,12,13). The minimum atomic E-state index is -0.399. The number of primary amides is 1. The van der Waals surface area contributed by atoms with Crippen LogP contribution in [0.4, 0.5) is 4.79 Å². The highest BCUT2D eigenvalue weighted by atomic mass is 16.2. The van der Waals surface area contributed by atoms with Crippen LogP contribution in [0.25, 0.3) is 0 Å². The molecule has 0 aromatic carbocycles. The van der Waals surface area contributed by atoms with E-state index in [1.807, 2.05) is 0 Å². The van der Waals surface area contributed by atoms with Gasteiger partial charge in [0.15, 0.2) is 0 Å². The molecule has 0 radical (unpaired) electrons. The van der Waals surface area contributed by atoms with Crippen LogP contribution in [0.15, 0.2) is 0 Å². The summed E-state index contributed by atoms with van der Waals surface area (Å²) in [6.45, 7) is 6.35. The lowest BCUT2D eigenvalue weighted by atomic mass is 9.86. The summed E-state index contributed by atoms with van der Waals surface area (Å²) in [6, 6.07) is -0.399. The number of carbonyl (C=O) groups is 1. The molecule has 0 spiro atoms. The summed E-state index contributed by atoms with van der Waals surface area (Å²) in [4.78, 5) is 10.8. The van der Waals surface area contributed by atoms with E-state index in [2.05, 4.69) is 26.1 Å². The molecule has 3 heteroatoms. The van der Waals surface area contributed by atoms with Gasteiger partial charge < -0.3 is 11.1 Å². The third-order valence-electron chi connectivity index (χ3n) is 2.52. The number of nitrogens with two attached hydrogens (primary N) is 1. The number of carbonyl (C=O) groups excluding carboxylic acids is 1. The van der Waals surface area contributed by atoms with E-state index in [0.29, 0.717) is 0 Å². The summed E-state index contributed by atoms with van der Waals surface area (Å²) in [5, 5.41) is 2.88. The van der Waals surface area contributed by atoms with Gasteiger partial charge in [-0.15, -0.1) is 0 Å². The second kappa shape index (κ2) is 5.84. The van der Waals surface area contributed by atoms with Crippen LogP contribution in [-0.4, -0.2) is 11.6 Å². The van der Waals surface area contributed by atoms with Gasteiger partial charge in [-0.2, -0.15) is 0 Å². The van der Waals surface area contributed by atoms with Gasteiger partial charge in [0.05, 0.1) is 0 Å². The Hall–Kier alpha value is -0.730. The van der Waals surface area contributed by atoms with Crippen molar-refractivity contribution in [2.24, 2.45) is 5.73 Å². The molecule has 0 atom stereocenters. The number of rotatable bonds is 6. The van der Waals surface area contributed by atoms with Crippen molar-refractivity contribution >= 4 is 6.03 Å². The summed E-state index contributed by atoms with van der Waals surface area (Å²) in [5.74, 6) is 0. The highest BCUT2D eigenvalue weighted by Gasteiger charge is 2.26. The fraction of sp³-hybridized carbons (Fsp3) is 0.900. The molecule has 0 bridgehead atoms. The molecule has 0 unspecified atom stereocenters. The summed E-state index contributed by atoms with van der Waals surface area (Å²) < 4.78 is 0. The molecule has 3 nitrogen and oxygen atoms in total. The minimum absolute atomic E-state index is 0.0602. The smallest absolute Gasteiger partial charge is 0.312 e. The van der Waals surface area contributed by atoms with Gasteiger partial charge in [-0.3, -0.25) is 0 Å². The monoisotopic (exact) mass is 186 g/mol. The predicted octanol–water partition coefficient (Wildman–Crippen LogP) is 2.40. The van der Waals surface area contributed by atoms with Gasteiger partial charge in [-0.1, -0.05) is 33.6 Å². The van der Waals surface area contributed by atoms with Gasteiger partial charge in [-0.05, 0) is 19.3 Å². The normalized spacial score (nSPS) is 11.3. The van der Waals surface area contributed by atoms with E-state index < -0.39 is 6.03 Å². The van der Waals surface area contributed by atoms with Crippen molar-refractivity contribution in [3.05, 3.63) is 0 Å². The van der Waals surface area contributed by atoms with Crippen LogP contribution < -0.4 is 11.1 Å². The second-order valence-corrected chi connectivity index (χ2v) is 3.62. The van der Waals surface area contributed by atoms with Crippen LogP contribution in [0.3, 0.4) is 0 Å². The maximum absolute atomic E-state index is 10.8. The fourth-order valence-electron chi connectivity index (χ4n) is 1.91. The maximum atomic E-state index is 10.8. The SMILES string of the molecule is CCCC(CC)(CCC)NC(N)=O. The van der Waals surface area contributed by atoms with Crippen LogP contribution in [0.5, 0.6) is 0 Å². The van der Waals surface area contributed by atoms with E-state index in [9.17, 15) is 4.79 Å². The van der Waals surface area contributed by atoms with E-state index in [1.54, 1.807) is 0 Å². The zero-order valence-corrected chi connectivity index (χ0v) is 9.02. The zero-order chi connectivity index (χ0) is 10.3. The van der Waals surface area contributed by atoms with Crippen molar-refractivity contribution in [1.29, 1.82) is 0 Å². The van der Waals surface area contributed by atoms with Gasteiger partial charge in [0.25, 0.3) is 0 Å². The van der Waals surface area contributed by atoms with E-state index in [-0.39, 0.29) is 5.54 Å². The Balaban J connectivity index is 4.33.